The van der Waals surface area contributed by atoms with Crippen molar-refractivity contribution in [3.05, 3.63) is 68.6 Å². The second kappa shape index (κ2) is 12.3. The minimum absolute atomic E-state index is 0.00563. The number of aromatic nitrogens is 5. The van der Waals surface area contributed by atoms with E-state index < -0.39 is 34.6 Å². The number of amides is 1. The molecular formula is C28H32FN7O5S. The van der Waals surface area contributed by atoms with Gasteiger partial charge in [0.1, 0.15) is 45.7 Å². The van der Waals surface area contributed by atoms with Crippen molar-refractivity contribution < 1.29 is 18.7 Å². The number of rotatable bonds is 11. The van der Waals surface area contributed by atoms with Gasteiger partial charge in [-0.25, -0.2) is 23.4 Å². The lowest BCUT2D eigenvalue weighted by Crippen LogP contribution is -2.56. The number of hydrogen-bond donors (Lipinski definition) is 1. The zero-order chi connectivity index (χ0) is 30.8. The minimum Gasteiger partial charge on any atom is -0.496 e. The second-order valence-electron chi connectivity index (χ2n) is 10.4. The Hall–Kier alpha value is -4.35. The van der Waals surface area contributed by atoms with E-state index in [1.54, 1.807) is 20.8 Å². The molecule has 14 heteroatoms. The molecule has 0 aliphatic rings. The Kier molecular flexibility index (Phi) is 8.93. The van der Waals surface area contributed by atoms with Gasteiger partial charge in [0.25, 0.3) is 5.56 Å². The third-order valence-corrected chi connectivity index (χ3v) is 8.07. The molecule has 4 aromatic rings. The molecule has 0 fully saturated rings. The van der Waals surface area contributed by atoms with Gasteiger partial charge >= 0.3 is 5.69 Å². The summed E-state index contributed by atoms with van der Waals surface area (Å²) in [7, 11) is 1.43. The van der Waals surface area contributed by atoms with E-state index in [0.717, 1.165) is 15.9 Å². The number of ether oxygens (including phenoxy) is 2. The molecule has 1 aromatic carbocycles. The van der Waals surface area contributed by atoms with E-state index in [-0.39, 0.29) is 31.0 Å². The molecule has 1 atom stereocenters. The first-order chi connectivity index (χ1) is 19.9. The van der Waals surface area contributed by atoms with Gasteiger partial charge in [-0.3, -0.25) is 14.2 Å². The molecule has 42 heavy (non-hydrogen) atoms. The monoisotopic (exact) mass is 597 g/mol. The van der Waals surface area contributed by atoms with Gasteiger partial charge in [-0.15, -0.1) is 0 Å². The number of nitriles is 1. The van der Waals surface area contributed by atoms with Crippen LogP contribution in [0.15, 0.2) is 40.4 Å². The van der Waals surface area contributed by atoms with E-state index >= 15 is 0 Å². The molecule has 1 N–H and O–H groups in total. The molecule has 0 unspecified atom stereocenters. The Morgan fingerprint density at radius 1 is 1.29 bits per heavy atom. The van der Waals surface area contributed by atoms with Crippen LogP contribution in [0.5, 0.6) is 5.75 Å². The highest BCUT2D eigenvalue weighted by molar-refractivity contribution is 7.21. The predicted molar refractivity (Wildman–Crippen MR) is 154 cm³/mol. The van der Waals surface area contributed by atoms with Crippen LogP contribution in [0.1, 0.15) is 51.3 Å². The molecule has 12 nitrogen and oxygen atoms in total. The van der Waals surface area contributed by atoms with Crippen LogP contribution in [0.25, 0.3) is 15.2 Å². The Morgan fingerprint density at radius 3 is 2.64 bits per heavy atom. The second-order valence-corrected chi connectivity index (χ2v) is 11.4. The van der Waals surface area contributed by atoms with Gasteiger partial charge in [-0.2, -0.15) is 10.4 Å². The van der Waals surface area contributed by atoms with Crippen molar-refractivity contribution in [1.82, 2.24) is 29.2 Å². The largest absolute Gasteiger partial charge is 0.496 e. The van der Waals surface area contributed by atoms with Crippen LogP contribution >= 0.6 is 11.3 Å². The fourth-order valence-electron chi connectivity index (χ4n) is 4.67. The zero-order valence-corrected chi connectivity index (χ0v) is 25.0. The van der Waals surface area contributed by atoms with Crippen molar-refractivity contribution in [2.45, 2.75) is 65.3 Å². The Labute approximate surface area is 244 Å². The number of halogens is 1. The molecule has 0 bridgehead atoms. The van der Waals surface area contributed by atoms with Gasteiger partial charge in [-0.05, 0) is 52.8 Å². The maximum absolute atomic E-state index is 14.4. The number of nitrogens with one attached hydrogen (secondary N) is 1. The van der Waals surface area contributed by atoms with Crippen LogP contribution in [0.4, 0.5) is 4.39 Å². The summed E-state index contributed by atoms with van der Waals surface area (Å²) in [5, 5.41) is 16.9. The third kappa shape index (κ3) is 5.70. The summed E-state index contributed by atoms with van der Waals surface area (Å²) in [5.41, 5.74) is -2.12. The first-order valence-corrected chi connectivity index (χ1v) is 14.0. The Bertz CT molecular complexity index is 1770. The zero-order valence-electron chi connectivity index (χ0n) is 24.2. The molecule has 3 aromatic heterocycles. The molecule has 3 heterocycles. The Morgan fingerprint density at radius 2 is 2.02 bits per heavy atom. The fourth-order valence-corrected chi connectivity index (χ4v) is 5.90. The lowest BCUT2D eigenvalue weighted by molar-refractivity contribution is -0.129. The van der Waals surface area contributed by atoms with Crippen LogP contribution < -0.4 is 21.3 Å². The van der Waals surface area contributed by atoms with Crippen LogP contribution in [-0.2, 0) is 21.6 Å². The highest BCUT2D eigenvalue weighted by Gasteiger charge is 2.36. The number of hydrogen-bond acceptors (Lipinski definition) is 9. The first-order valence-electron chi connectivity index (χ1n) is 13.2. The predicted octanol–water partition coefficient (Wildman–Crippen LogP) is 3.19. The lowest BCUT2D eigenvalue weighted by Gasteiger charge is -2.28. The van der Waals surface area contributed by atoms with Gasteiger partial charge in [0.15, 0.2) is 0 Å². The smallest absolute Gasteiger partial charge is 0.333 e. The van der Waals surface area contributed by atoms with Crippen molar-refractivity contribution in [2.75, 3.05) is 13.7 Å². The number of nitrogens with zero attached hydrogens (tertiary/aromatic N) is 6. The molecule has 0 saturated carbocycles. The minimum atomic E-state index is -1.58. The topological polar surface area (TPSA) is 146 Å². The van der Waals surface area contributed by atoms with Gasteiger partial charge in [0, 0.05) is 17.2 Å². The fraction of sp³-hybridized carbons (Fsp3) is 0.429. The average molecular weight is 598 g/mol. The van der Waals surface area contributed by atoms with Crippen molar-refractivity contribution in [3.63, 3.8) is 0 Å². The number of carbonyl (C=O) groups is 1. The lowest BCUT2D eigenvalue weighted by atomic mass is 10.0. The molecule has 0 radical (unpaired) electrons. The summed E-state index contributed by atoms with van der Waals surface area (Å²) in [5.74, 6) is -0.743. The standard InChI is InChI=1S/C28H32FN7O5S/c1-16(2)33-26(38)28(4,5)36-23(37)22-17(3)24(35-15-31-14-32-35)42-25(22)34(27(36)39)13-21(41-11-7-10-30)19-12-18(29)8-9-20(19)40-6/h8-9,12,14-16,21H,7,11,13H2,1-6H3,(H,33,38)/t21-/m0/s1. The summed E-state index contributed by atoms with van der Waals surface area (Å²) in [4.78, 5) is 45.9. The van der Waals surface area contributed by atoms with Crippen molar-refractivity contribution in [1.29, 1.82) is 5.26 Å². The van der Waals surface area contributed by atoms with Gasteiger partial charge in [0.2, 0.25) is 5.91 Å². The van der Waals surface area contributed by atoms with E-state index in [2.05, 4.69) is 15.4 Å². The van der Waals surface area contributed by atoms with Crippen LogP contribution in [0, 0.1) is 24.1 Å². The van der Waals surface area contributed by atoms with E-state index in [0.29, 0.717) is 26.7 Å². The molecule has 1 amide bonds. The third-order valence-electron chi connectivity index (χ3n) is 6.77. The molecule has 0 aliphatic carbocycles. The van der Waals surface area contributed by atoms with Gasteiger partial charge < -0.3 is 14.8 Å². The van der Waals surface area contributed by atoms with Crippen LogP contribution in [0.3, 0.4) is 0 Å². The maximum Gasteiger partial charge on any atom is 0.333 e. The number of thiophene rings is 1. The van der Waals surface area contributed by atoms with E-state index in [4.69, 9.17) is 14.7 Å². The van der Waals surface area contributed by atoms with Crippen molar-refractivity contribution in [3.8, 4) is 16.8 Å². The Balaban J connectivity index is 2.03. The van der Waals surface area contributed by atoms with E-state index in [1.807, 2.05) is 6.07 Å². The SMILES string of the molecule is COc1ccc(F)cc1[C@H](Cn1c(=O)n(C(C)(C)C(=O)NC(C)C)c(=O)c2c(C)c(-n3cncn3)sc21)OCCC#N. The number of carbonyl (C=O) groups excluding carboxylic acids is 1. The average Bonchev–Trinajstić information content (AvgIpc) is 3.58. The number of methoxy groups -OCH3 is 1. The summed E-state index contributed by atoms with van der Waals surface area (Å²) >= 11 is 1.15. The molecular weight excluding hydrogens is 565 g/mol. The van der Waals surface area contributed by atoms with Crippen LogP contribution in [-0.4, -0.2) is 49.6 Å². The molecule has 4 rings (SSSR count). The molecule has 222 valence electrons. The maximum atomic E-state index is 14.4. The summed E-state index contributed by atoms with van der Waals surface area (Å²) in [6.45, 7) is 8.10. The normalized spacial score (nSPS) is 12.5. The highest BCUT2D eigenvalue weighted by atomic mass is 32.1. The number of benzene rings is 1. The first kappa shape index (κ1) is 30.6. The van der Waals surface area contributed by atoms with Crippen molar-refractivity contribution in [2.24, 2.45) is 0 Å². The van der Waals surface area contributed by atoms with Gasteiger partial charge in [0.05, 0.1) is 38.1 Å². The van der Waals surface area contributed by atoms with E-state index in [9.17, 15) is 18.8 Å². The summed E-state index contributed by atoms with van der Waals surface area (Å²) in [6, 6.07) is 5.70. The molecule has 0 aliphatic heterocycles. The molecule has 0 spiro atoms. The van der Waals surface area contributed by atoms with Crippen molar-refractivity contribution >= 4 is 27.5 Å². The highest BCUT2D eigenvalue weighted by Crippen LogP contribution is 2.34. The van der Waals surface area contributed by atoms with Gasteiger partial charge in [-0.1, -0.05) is 11.3 Å². The summed E-state index contributed by atoms with van der Waals surface area (Å²) in [6.07, 6.45) is 1.92. The summed E-state index contributed by atoms with van der Waals surface area (Å²) < 4.78 is 29.7. The molecule has 0 saturated heterocycles. The quantitative estimate of drug-likeness (QED) is 0.260. The van der Waals surface area contributed by atoms with E-state index in [1.165, 1.54) is 61.1 Å². The number of aryl methyl sites for hydroxylation is 1. The van der Waals surface area contributed by atoms with Crippen LogP contribution in [0.2, 0.25) is 0 Å². The number of fused-ring (bicyclic) bond motifs is 1.